The van der Waals surface area contributed by atoms with Crippen LogP contribution >= 0.6 is 0 Å². The van der Waals surface area contributed by atoms with Crippen molar-refractivity contribution < 1.29 is 19.3 Å². The second-order valence-corrected chi connectivity index (χ2v) is 4.79. The highest BCUT2D eigenvalue weighted by atomic mass is 19.1. The first-order valence-corrected chi connectivity index (χ1v) is 6.77. The summed E-state index contributed by atoms with van der Waals surface area (Å²) in [5, 5.41) is 19.4. The summed E-state index contributed by atoms with van der Waals surface area (Å²) in [5.74, 6) is 0.221. The monoisotopic (exact) mass is 270 g/mol. The first-order valence-electron chi connectivity index (χ1n) is 6.77. The quantitative estimate of drug-likeness (QED) is 0.801. The summed E-state index contributed by atoms with van der Waals surface area (Å²) in [4.78, 5) is 0. The van der Waals surface area contributed by atoms with E-state index in [9.17, 15) is 14.6 Å². The third-order valence-corrected chi connectivity index (χ3v) is 3.26. The zero-order chi connectivity index (χ0) is 14.4. The van der Waals surface area contributed by atoms with E-state index in [0.717, 1.165) is 5.56 Å². The van der Waals surface area contributed by atoms with Gasteiger partial charge in [0.25, 0.3) is 0 Å². The average molecular weight is 270 g/mol. The maximum Gasteiger partial charge on any atom is 0.123 e. The Balaban J connectivity index is 2.85. The maximum absolute atomic E-state index is 13.3. The van der Waals surface area contributed by atoms with Crippen LogP contribution < -0.4 is 4.74 Å². The molecule has 0 fully saturated rings. The Morgan fingerprint density at radius 3 is 2.47 bits per heavy atom. The fourth-order valence-electron chi connectivity index (χ4n) is 2.11. The lowest BCUT2D eigenvalue weighted by Crippen LogP contribution is -2.26. The Hall–Kier alpha value is -1.13. The van der Waals surface area contributed by atoms with E-state index in [1.165, 1.54) is 12.1 Å². The summed E-state index contributed by atoms with van der Waals surface area (Å²) in [7, 11) is 0. The van der Waals surface area contributed by atoms with Gasteiger partial charge in [0.2, 0.25) is 0 Å². The Bertz CT molecular complexity index is 395. The van der Waals surface area contributed by atoms with Gasteiger partial charge in [0.15, 0.2) is 0 Å². The first kappa shape index (κ1) is 15.9. The van der Waals surface area contributed by atoms with Gasteiger partial charge in [-0.15, -0.1) is 0 Å². The van der Waals surface area contributed by atoms with Gasteiger partial charge >= 0.3 is 0 Å². The van der Waals surface area contributed by atoms with Gasteiger partial charge in [-0.3, -0.25) is 0 Å². The van der Waals surface area contributed by atoms with E-state index in [1.807, 2.05) is 20.8 Å². The average Bonchev–Trinajstić information content (AvgIpc) is 2.39. The molecule has 0 saturated heterocycles. The van der Waals surface area contributed by atoms with Gasteiger partial charge in [-0.2, -0.15) is 0 Å². The molecule has 1 rings (SSSR count). The zero-order valence-electron chi connectivity index (χ0n) is 11.8. The predicted octanol–water partition coefficient (Wildman–Crippen LogP) is 2.85. The summed E-state index contributed by atoms with van der Waals surface area (Å²) in [6.45, 7) is 6.08. The fraction of sp³-hybridized carbons (Fsp3) is 0.600. The Labute approximate surface area is 114 Å². The van der Waals surface area contributed by atoms with E-state index >= 15 is 0 Å². The van der Waals surface area contributed by atoms with Crippen LogP contribution in [0.5, 0.6) is 5.75 Å². The second-order valence-electron chi connectivity index (χ2n) is 4.79. The van der Waals surface area contributed by atoms with Gasteiger partial charge < -0.3 is 14.9 Å². The molecule has 0 aliphatic rings. The van der Waals surface area contributed by atoms with E-state index in [-0.39, 0.29) is 11.7 Å². The van der Waals surface area contributed by atoms with Crippen molar-refractivity contribution in [3.8, 4) is 5.75 Å². The zero-order valence-corrected chi connectivity index (χ0v) is 11.8. The van der Waals surface area contributed by atoms with Crippen LogP contribution in [0, 0.1) is 5.82 Å². The van der Waals surface area contributed by atoms with Crippen LogP contribution in [0.1, 0.15) is 45.1 Å². The summed E-state index contributed by atoms with van der Waals surface area (Å²) in [6, 6.07) is 4.40. The molecule has 0 heterocycles. The third kappa shape index (κ3) is 4.48. The number of aliphatic hydroxyl groups excluding tert-OH is 2. The number of benzene rings is 1. The Morgan fingerprint density at radius 2 is 1.89 bits per heavy atom. The van der Waals surface area contributed by atoms with Gasteiger partial charge in [0.1, 0.15) is 11.6 Å². The Kier molecular flexibility index (Phi) is 6.25. The van der Waals surface area contributed by atoms with Gasteiger partial charge in [0.05, 0.1) is 18.8 Å². The first-order chi connectivity index (χ1) is 8.99. The van der Waals surface area contributed by atoms with Crippen molar-refractivity contribution in [3.63, 3.8) is 0 Å². The summed E-state index contributed by atoms with van der Waals surface area (Å²) >= 11 is 0. The molecule has 3 atom stereocenters. The molecule has 0 amide bonds. The highest BCUT2D eigenvalue weighted by Gasteiger charge is 2.21. The van der Waals surface area contributed by atoms with E-state index < -0.39 is 12.2 Å². The lowest BCUT2D eigenvalue weighted by atomic mass is 9.92. The second kappa shape index (κ2) is 7.46. The van der Waals surface area contributed by atoms with Gasteiger partial charge in [0, 0.05) is 0 Å². The van der Waals surface area contributed by atoms with Crippen LogP contribution in [0.3, 0.4) is 0 Å². The van der Waals surface area contributed by atoms with Crippen LogP contribution in [0.4, 0.5) is 4.39 Å². The van der Waals surface area contributed by atoms with Crippen molar-refractivity contribution in [1.29, 1.82) is 0 Å². The molecule has 4 heteroatoms. The largest absolute Gasteiger partial charge is 0.494 e. The van der Waals surface area contributed by atoms with Crippen molar-refractivity contribution in [3.05, 3.63) is 29.6 Å². The molecule has 0 saturated carbocycles. The van der Waals surface area contributed by atoms with Gasteiger partial charge in [-0.05, 0) is 49.4 Å². The van der Waals surface area contributed by atoms with Gasteiger partial charge in [-0.1, -0.05) is 13.8 Å². The number of hydrogen-bond donors (Lipinski definition) is 2. The number of halogens is 1. The van der Waals surface area contributed by atoms with Crippen LogP contribution in [-0.4, -0.2) is 29.0 Å². The predicted molar refractivity (Wildman–Crippen MR) is 72.9 cm³/mol. The molecule has 2 N–H and O–H groups in total. The molecular formula is C15H23FO3. The van der Waals surface area contributed by atoms with Crippen LogP contribution in [0.25, 0.3) is 0 Å². The topological polar surface area (TPSA) is 49.7 Å². The molecule has 3 nitrogen and oxygen atoms in total. The molecule has 1 aromatic rings. The smallest absolute Gasteiger partial charge is 0.123 e. The van der Waals surface area contributed by atoms with Crippen LogP contribution in [-0.2, 0) is 0 Å². The number of hydrogen-bond acceptors (Lipinski definition) is 3. The number of rotatable bonds is 7. The molecule has 19 heavy (non-hydrogen) atoms. The molecule has 1 aromatic carbocycles. The lowest BCUT2D eigenvalue weighted by molar-refractivity contribution is 0.00940. The van der Waals surface area contributed by atoms with Crippen molar-refractivity contribution in [2.75, 3.05) is 6.61 Å². The third-order valence-electron chi connectivity index (χ3n) is 3.26. The normalized spacial score (nSPS) is 15.9. The summed E-state index contributed by atoms with van der Waals surface area (Å²) < 4.78 is 18.8. The summed E-state index contributed by atoms with van der Waals surface area (Å²) in [6.07, 6.45) is -0.683. The molecular weight excluding hydrogens is 247 g/mol. The maximum atomic E-state index is 13.3. The van der Waals surface area contributed by atoms with Crippen molar-refractivity contribution >= 4 is 0 Å². The highest BCUT2D eigenvalue weighted by Crippen LogP contribution is 2.31. The molecule has 0 aromatic heterocycles. The van der Waals surface area contributed by atoms with E-state index in [0.29, 0.717) is 25.2 Å². The van der Waals surface area contributed by atoms with E-state index in [2.05, 4.69) is 0 Å². The standard InChI is InChI=1S/C15H23FO3/c1-4-13(17)14(18)8-10(3)12-9-11(16)6-7-15(12)19-5-2/h6-7,9-10,13-14,17-18H,4-5,8H2,1-3H3. The Morgan fingerprint density at radius 1 is 1.21 bits per heavy atom. The number of aliphatic hydroxyl groups is 2. The molecule has 108 valence electrons. The fourth-order valence-corrected chi connectivity index (χ4v) is 2.11. The molecule has 0 radical (unpaired) electrons. The van der Waals surface area contributed by atoms with Crippen LogP contribution in [0.2, 0.25) is 0 Å². The molecule has 0 aliphatic heterocycles. The van der Waals surface area contributed by atoms with Crippen molar-refractivity contribution in [2.45, 2.75) is 51.7 Å². The SMILES string of the molecule is CCOc1ccc(F)cc1C(C)CC(O)C(O)CC. The minimum atomic E-state index is -0.808. The number of ether oxygens (including phenoxy) is 1. The van der Waals surface area contributed by atoms with E-state index in [4.69, 9.17) is 4.74 Å². The minimum absolute atomic E-state index is 0.0894. The molecule has 0 bridgehead atoms. The lowest BCUT2D eigenvalue weighted by Gasteiger charge is -2.22. The molecule has 0 aliphatic carbocycles. The van der Waals surface area contributed by atoms with Crippen LogP contribution in [0.15, 0.2) is 18.2 Å². The minimum Gasteiger partial charge on any atom is -0.494 e. The summed E-state index contributed by atoms with van der Waals surface area (Å²) in [5.41, 5.74) is 0.726. The molecule has 3 unspecified atom stereocenters. The van der Waals surface area contributed by atoms with Gasteiger partial charge in [-0.25, -0.2) is 4.39 Å². The highest BCUT2D eigenvalue weighted by molar-refractivity contribution is 5.36. The van der Waals surface area contributed by atoms with E-state index in [1.54, 1.807) is 6.07 Å². The van der Waals surface area contributed by atoms with Crippen molar-refractivity contribution in [1.82, 2.24) is 0 Å². The van der Waals surface area contributed by atoms with Crippen molar-refractivity contribution in [2.24, 2.45) is 0 Å². The molecule has 0 spiro atoms.